The maximum Gasteiger partial charge on any atom is 0.0881 e. The van der Waals surface area contributed by atoms with Crippen molar-refractivity contribution in [2.24, 2.45) is 5.92 Å². The van der Waals surface area contributed by atoms with Crippen molar-refractivity contribution < 1.29 is 4.74 Å². The van der Waals surface area contributed by atoms with Crippen LogP contribution < -0.4 is 5.32 Å². The van der Waals surface area contributed by atoms with E-state index in [1.165, 1.54) is 12.8 Å². The smallest absolute Gasteiger partial charge is 0.0881 e. The number of rotatable bonds is 5. The molecule has 0 aliphatic heterocycles. The van der Waals surface area contributed by atoms with E-state index in [4.69, 9.17) is 4.74 Å². The summed E-state index contributed by atoms with van der Waals surface area (Å²) in [5.74, 6) is 0.758. The first-order valence-corrected chi connectivity index (χ1v) is 6.06. The van der Waals surface area contributed by atoms with Gasteiger partial charge in [-0.3, -0.25) is 5.10 Å². The molecule has 3 rings (SSSR count). The number of para-hydroxylation sites is 1. The highest BCUT2D eigenvalue weighted by atomic mass is 16.5. The lowest BCUT2D eigenvalue weighted by molar-refractivity contribution is 0.179. The van der Waals surface area contributed by atoms with E-state index in [9.17, 15) is 0 Å². The molecule has 4 heteroatoms. The Labute approximate surface area is 100 Å². The minimum Gasteiger partial charge on any atom is -0.383 e. The van der Waals surface area contributed by atoms with Gasteiger partial charge in [-0.05, 0) is 24.8 Å². The molecule has 1 fully saturated rings. The summed E-state index contributed by atoms with van der Waals surface area (Å²) in [5.41, 5.74) is 2.20. The van der Waals surface area contributed by atoms with E-state index >= 15 is 0 Å². The monoisotopic (exact) mass is 231 g/mol. The Balaban J connectivity index is 1.85. The summed E-state index contributed by atoms with van der Waals surface area (Å²) >= 11 is 0. The van der Waals surface area contributed by atoms with Crippen LogP contribution in [0.1, 0.15) is 12.8 Å². The van der Waals surface area contributed by atoms with E-state index in [2.05, 4.69) is 33.7 Å². The molecule has 4 nitrogen and oxygen atoms in total. The highest BCUT2D eigenvalue weighted by molar-refractivity contribution is 5.90. The van der Waals surface area contributed by atoms with Crippen LogP contribution in [0.15, 0.2) is 24.4 Å². The zero-order valence-corrected chi connectivity index (χ0v) is 9.94. The first kappa shape index (κ1) is 10.6. The summed E-state index contributed by atoms with van der Waals surface area (Å²) in [5, 5.41) is 11.8. The van der Waals surface area contributed by atoms with Crippen LogP contribution in [-0.2, 0) is 4.74 Å². The predicted molar refractivity (Wildman–Crippen MR) is 68.1 cm³/mol. The van der Waals surface area contributed by atoms with Crippen molar-refractivity contribution in [1.82, 2.24) is 10.2 Å². The lowest BCUT2D eigenvalue weighted by atomic mass is 10.1. The lowest BCUT2D eigenvalue weighted by Gasteiger charge is -2.18. The van der Waals surface area contributed by atoms with Gasteiger partial charge in [-0.2, -0.15) is 5.10 Å². The molecule has 90 valence electrons. The second-order valence-corrected chi connectivity index (χ2v) is 4.68. The quantitative estimate of drug-likeness (QED) is 0.830. The van der Waals surface area contributed by atoms with Crippen LogP contribution >= 0.6 is 0 Å². The van der Waals surface area contributed by atoms with Crippen LogP contribution in [0.25, 0.3) is 10.9 Å². The number of anilines is 1. The first-order valence-electron chi connectivity index (χ1n) is 6.06. The highest BCUT2D eigenvalue weighted by Crippen LogP contribution is 2.35. The van der Waals surface area contributed by atoms with E-state index in [0.717, 1.165) is 29.1 Å². The number of fused-ring (bicyclic) bond motifs is 1. The minimum atomic E-state index is 0.411. The molecule has 1 unspecified atom stereocenters. The normalized spacial score (nSPS) is 17.2. The van der Waals surface area contributed by atoms with Crippen molar-refractivity contribution in [2.75, 3.05) is 19.0 Å². The summed E-state index contributed by atoms with van der Waals surface area (Å²) in [6, 6.07) is 6.61. The van der Waals surface area contributed by atoms with Gasteiger partial charge in [0.05, 0.1) is 30.0 Å². The molecule has 1 heterocycles. The average Bonchev–Trinajstić information content (AvgIpc) is 3.07. The first-order chi connectivity index (χ1) is 8.38. The van der Waals surface area contributed by atoms with Crippen LogP contribution in [0, 0.1) is 5.92 Å². The molecule has 0 saturated heterocycles. The average molecular weight is 231 g/mol. The zero-order valence-electron chi connectivity index (χ0n) is 9.94. The van der Waals surface area contributed by atoms with Crippen LogP contribution in [0.2, 0.25) is 0 Å². The molecule has 0 bridgehead atoms. The van der Waals surface area contributed by atoms with Crippen LogP contribution in [-0.4, -0.2) is 30.0 Å². The second-order valence-electron chi connectivity index (χ2n) is 4.68. The van der Waals surface area contributed by atoms with E-state index < -0.39 is 0 Å². The molecule has 1 saturated carbocycles. The predicted octanol–water partition coefficient (Wildman–Crippen LogP) is 2.40. The van der Waals surface area contributed by atoms with Gasteiger partial charge in [-0.1, -0.05) is 12.1 Å². The Morgan fingerprint density at radius 2 is 2.41 bits per heavy atom. The SMILES string of the molecule is COCC(Nc1cccc2cn[nH]c12)C1CC1. The molecule has 2 aromatic rings. The van der Waals surface area contributed by atoms with E-state index in [1.807, 2.05) is 6.20 Å². The molecule has 1 aromatic carbocycles. The van der Waals surface area contributed by atoms with E-state index in [1.54, 1.807) is 7.11 Å². The molecule has 1 atom stereocenters. The van der Waals surface area contributed by atoms with Crippen molar-refractivity contribution in [2.45, 2.75) is 18.9 Å². The lowest BCUT2D eigenvalue weighted by Crippen LogP contribution is -2.27. The molecule has 1 aliphatic rings. The molecular formula is C13H17N3O. The Bertz CT molecular complexity index is 504. The van der Waals surface area contributed by atoms with Gasteiger partial charge < -0.3 is 10.1 Å². The Morgan fingerprint density at radius 1 is 1.53 bits per heavy atom. The highest BCUT2D eigenvalue weighted by Gasteiger charge is 2.31. The number of nitrogens with zero attached hydrogens (tertiary/aromatic N) is 1. The Morgan fingerprint density at radius 3 is 3.18 bits per heavy atom. The number of aromatic amines is 1. The van der Waals surface area contributed by atoms with Gasteiger partial charge in [-0.15, -0.1) is 0 Å². The fraction of sp³-hybridized carbons (Fsp3) is 0.462. The summed E-state index contributed by atoms with van der Waals surface area (Å²) in [6.07, 6.45) is 4.46. The number of ether oxygens (including phenoxy) is 1. The van der Waals surface area contributed by atoms with E-state index in [-0.39, 0.29) is 0 Å². The number of nitrogens with one attached hydrogen (secondary N) is 2. The third-order valence-corrected chi connectivity index (χ3v) is 3.35. The zero-order chi connectivity index (χ0) is 11.7. The molecule has 1 aliphatic carbocycles. The molecule has 0 amide bonds. The van der Waals surface area contributed by atoms with Gasteiger partial charge in [0.2, 0.25) is 0 Å². The molecule has 0 radical (unpaired) electrons. The molecule has 2 N–H and O–H groups in total. The van der Waals surface area contributed by atoms with Crippen molar-refractivity contribution >= 4 is 16.6 Å². The standard InChI is InChI=1S/C13H17N3O/c1-17-8-12(9-5-6-9)15-11-4-2-3-10-7-14-16-13(10)11/h2-4,7,9,12,15H,5-6,8H2,1H3,(H,14,16). The third kappa shape index (κ3) is 2.13. The Kier molecular flexibility index (Phi) is 2.73. The minimum absolute atomic E-state index is 0.411. The second kappa shape index (κ2) is 4.37. The fourth-order valence-electron chi connectivity index (χ4n) is 2.26. The number of hydrogen-bond acceptors (Lipinski definition) is 3. The van der Waals surface area contributed by atoms with Crippen LogP contribution in [0.3, 0.4) is 0 Å². The number of aromatic nitrogens is 2. The van der Waals surface area contributed by atoms with Gasteiger partial charge in [0.1, 0.15) is 0 Å². The van der Waals surface area contributed by atoms with Gasteiger partial charge in [-0.25, -0.2) is 0 Å². The van der Waals surface area contributed by atoms with Crippen LogP contribution in [0.5, 0.6) is 0 Å². The number of hydrogen-bond donors (Lipinski definition) is 2. The summed E-state index contributed by atoms with van der Waals surface area (Å²) in [4.78, 5) is 0. The van der Waals surface area contributed by atoms with Gasteiger partial charge >= 0.3 is 0 Å². The third-order valence-electron chi connectivity index (χ3n) is 3.35. The summed E-state index contributed by atoms with van der Waals surface area (Å²) in [7, 11) is 1.76. The van der Waals surface area contributed by atoms with Crippen molar-refractivity contribution in [3.8, 4) is 0 Å². The molecular weight excluding hydrogens is 214 g/mol. The number of methoxy groups -OCH3 is 1. The largest absolute Gasteiger partial charge is 0.383 e. The number of H-pyrrole nitrogens is 1. The van der Waals surface area contributed by atoms with Gasteiger partial charge in [0.15, 0.2) is 0 Å². The van der Waals surface area contributed by atoms with Crippen molar-refractivity contribution in [3.05, 3.63) is 24.4 Å². The van der Waals surface area contributed by atoms with E-state index in [0.29, 0.717) is 6.04 Å². The Hall–Kier alpha value is -1.55. The topological polar surface area (TPSA) is 49.9 Å². The van der Waals surface area contributed by atoms with Crippen molar-refractivity contribution in [3.63, 3.8) is 0 Å². The van der Waals surface area contributed by atoms with Crippen molar-refractivity contribution in [1.29, 1.82) is 0 Å². The summed E-state index contributed by atoms with van der Waals surface area (Å²) < 4.78 is 5.28. The summed E-state index contributed by atoms with van der Waals surface area (Å²) in [6.45, 7) is 0.759. The molecule has 0 spiro atoms. The number of benzene rings is 1. The maximum absolute atomic E-state index is 5.28. The van der Waals surface area contributed by atoms with Crippen LogP contribution in [0.4, 0.5) is 5.69 Å². The maximum atomic E-state index is 5.28. The molecule has 17 heavy (non-hydrogen) atoms. The molecule has 1 aromatic heterocycles. The van der Waals surface area contributed by atoms with Gasteiger partial charge in [0.25, 0.3) is 0 Å². The van der Waals surface area contributed by atoms with Gasteiger partial charge in [0, 0.05) is 12.5 Å². The fourth-order valence-corrected chi connectivity index (χ4v) is 2.26.